The van der Waals surface area contributed by atoms with E-state index in [1.807, 2.05) is 0 Å². The first-order chi connectivity index (χ1) is 16.9. The molecular weight excluding hydrogens is 524 g/mol. The van der Waals surface area contributed by atoms with Crippen LogP contribution in [0.1, 0.15) is 0 Å². The summed E-state index contributed by atoms with van der Waals surface area (Å²) in [6.45, 7) is 0. The van der Waals surface area contributed by atoms with Gasteiger partial charge in [-0.25, -0.2) is 17.2 Å². The molecule has 0 bridgehead atoms. The van der Waals surface area contributed by atoms with Gasteiger partial charge in [-0.3, -0.25) is 0 Å². The molecule has 12 heteroatoms. The average molecular weight is 537 g/mol. The molecule has 0 heterocycles. The molecule has 4 rings (SSSR count). The van der Waals surface area contributed by atoms with Gasteiger partial charge in [-0.2, -0.15) is 17.2 Å². The maximum Gasteiger partial charge on any atom is 0.340 e. The Labute approximate surface area is 203 Å². The zero-order chi connectivity index (χ0) is 26.3. The minimum atomic E-state index is -5.99. The second-order valence-corrected chi connectivity index (χ2v) is 10.1. The lowest BCUT2D eigenvalue weighted by molar-refractivity contribution is 0.363. The molecule has 0 saturated carbocycles. The summed E-state index contributed by atoms with van der Waals surface area (Å²) >= 11 is 0. The molecular formula is C24H13F4O6S2-. The highest BCUT2D eigenvalue weighted by Crippen LogP contribution is 2.39. The van der Waals surface area contributed by atoms with Crippen LogP contribution in [0.4, 0.5) is 17.6 Å². The lowest BCUT2D eigenvalue weighted by Gasteiger charge is -2.18. The monoisotopic (exact) mass is 537 g/mol. The van der Waals surface area contributed by atoms with Gasteiger partial charge in [-0.1, -0.05) is 78.9 Å². The number of hydrogen-bond donors (Lipinski definition) is 0. The molecule has 4 aromatic rings. The molecule has 0 fully saturated rings. The molecule has 186 valence electrons. The van der Waals surface area contributed by atoms with Crippen LogP contribution in [0.3, 0.4) is 0 Å². The van der Waals surface area contributed by atoms with Gasteiger partial charge in [-0.05, 0) is 11.1 Å². The summed E-state index contributed by atoms with van der Waals surface area (Å²) in [7, 11) is -11.2. The van der Waals surface area contributed by atoms with E-state index in [4.69, 9.17) is 0 Å². The third kappa shape index (κ3) is 4.57. The Hall–Kier alpha value is -3.74. The molecule has 0 aromatic heterocycles. The Kier molecular flexibility index (Phi) is 6.60. The van der Waals surface area contributed by atoms with Gasteiger partial charge >= 0.3 is 10.1 Å². The summed E-state index contributed by atoms with van der Waals surface area (Å²) in [5, 5.41) is 0. The standard InChI is InChI=1S/C24H14F4O6S2/c25-18-20(27)24(35(29,30)31)21(28)19(26)22(18)34-36(32,33)23-16(14-8-3-1-4-9-14)12-7-13-17(23)15-10-5-2-6-11-15/h1-13H,(H,29,30,31)/p-1. The van der Waals surface area contributed by atoms with Crippen molar-refractivity contribution in [2.45, 2.75) is 9.79 Å². The topological polar surface area (TPSA) is 101 Å². The van der Waals surface area contributed by atoms with Crippen LogP contribution in [0.2, 0.25) is 0 Å². The molecule has 0 aliphatic rings. The number of hydrogen-bond acceptors (Lipinski definition) is 6. The van der Waals surface area contributed by atoms with Gasteiger partial charge in [0.15, 0.2) is 11.6 Å². The molecule has 0 spiro atoms. The van der Waals surface area contributed by atoms with Crippen molar-refractivity contribution in [2.75, 3.05) is 0 Å². The smallest absolute Gasteiger partial charge is 0.340 e. The van der Waals surface area contributed by atoms with Gasteiger partial charge in [0.2, 0.25) is 17.4 Å². The van der Waals surface area contributed by atoms with E-state index in [1.165, 1.54) is 18.2 Å². The first-order valence-corrected chi connectivity index (χ1v) is 12.8. The van der Waals surface area contributed by atoms with Crippen LogP contribution in [0.25, 0.3) is 22.3 Å². The SMILES string of the molecule is O=S(=O)([O-])c1c(F)c(F)c(OS(=O)(=O)c2c(-c3ccccc3)cccc2-c2ccccc2)c(F)c1F. The fourth-order valence-electron chi connectivity index (χ4n) is 3.53. The molecule has 0 amide bonds. The number of benzene rings is 4. The second-order valence-electron chi connectivity index (χ2n) is 7.32. The maximum atomic E-state index is 14.6. The summed E-state index contributed by atoms with van der Waals surface area (Å²) < 4.78 is 122. The molecule has 0 atom stereocenters. The molecule has 4 aromatic carbocycles. The highest BCUT2D eigenvalue weighted by molar-refractivity contribution is 7.87. The van der Waals surface area contributed by atoms with E-state index >= 15 is 0 Å². The Bertz CT molecular complexity index is 1590. The lowest BCUT2D eigenvalue weighted by atomic mass is 9.99. The molecule has 0 aliphatic carbocycles. The van der Waals surface area contributed by atoms with Gasteiger partial charge in [-0.15, -0.1) is 0 Å². The van der Waals surface area contributed by atoms with E-state index in [0.29, 0.717) is 11.1 Å². The lowest BCUT2D eigenvalue weighted by Crippen LogP contribution is -2.17. The molecule has 0 saturated heterocycles. The summed E-state index contributed by atoms with van der Waals surface area (Å²) in [6.07, 6.45) is 0. The zero-order valence-corrected chi connectivity index (χ0v) is 19.4. The van der Waals surface area contributed by atoms with E-state index in [-0.39, 0.29) is 11.1 Å². The van der Waals surface area contributed by atoms with Crippen LogP contribution in [-0.4, -0.2) is 21.4 Å². The molecule has 0 unspecified atom stereocenters. The van der Waals surface area contributed by atoms with E-state index in [9.17, 15) is 39.0 Å². The number of rotatable bonds is 6. The van der Waals surface area contributed by atoms with E-state index < -0.39 is 59.0 Å². The van der Waals surface area contributed by atoms with Crippen molar-refractivity contribution in [3.8, 4) is 28.0 Å². The van der Waals surface area contributed by atoms with Crippen molar-refractivity contribution in [2.24, 2.45) is 0 Å². The van der Waals surface area contributed by atoms with Crippen LogP contribution in [0.15, 0.2) is 88.7 Å². The average Bonchev–Trinajstić information content (AvgIpc) is 2.85. The third-order valence-electron chi connectivity index (χ3n) is 5.06. The fourth-order valence-corrected chi connectivity index (χ4v) is 5.51. The Balaban J connectivity index is 1.99. The quantitative estimate of drug-likeness (QED) is 0.144. The van der Waals surface area contributed by atoms with Crippen molar-refractivity contribution >= 4 is 20.2 Å². The van der Waals surface area contributed by atoms with Crippen LogP contribution in [0.5, 0.6) is 5.75 Å². The molecule has 36 heavy (non-hydrogen) atoms. The van der Waals surface area contributed by atoms with Crippen molar-refractivity contribution in [3.63, 3.8) is 0 Å². The van der Waals surface area contributed by atoms with Crippen molar-refractivity contribution in [1.29, 1.82) is 0 Å². The van der Waals surface area contributed by atoms with Gasteiger partial charge in [0.05, 0.1) is 0 Å². The minimum absolute atomic E-state index is 0.0393. The predicted octanol–water partition coefficient (Wildman–Crippen LogP) is 5.25. The van der Waals surface area contributed by atoms with E-state index in [1.54, 1.807) is 60.7 Å². The molecule has 0 N–H and O–H groups in total. The van der Waals surface area contributed by atoms with Crippen LogP contribution in [-0.2, 0) is 20.2 Å². The van der Waals surface area contributed by atoms with Crippen molar-refractivity contribution < 1.29 is 43.1 Å². The maximum absolute atomic E-state index is 14.6. The number of halogens is 4. The van der Waals surface area contributed by atoms with Crippen molar-refractivity contribution in [3.05, 3.63) is 102 Å². The Morgan fingerprint density at radius 1 is 0.556 bits per heavy atom. The van der Waals surface area contributed by atoms with Gasteiger partial charge in [0, 0.05) is 11.1 Å². The van der Waals surface area contributed by atoms with Crippen LogP contribution >= 0.6 is 0 Å². The zero-order valence-electron chi connectivity index (χ0n) is 17.8. The van der Waals surface area contributed by atoms with Crippen molar-refractivity contribution in [1.82, 2.24) is 0 Å². The highest BCUT2D eigenvalue weighted by Gasteiger charge is 2.34. The van der Waals surface area contributed by atoms with Gasteiger partial charge < -0.3 is 8.74 Å². The summed E-state index contributed by atoms with van der Waals surface area (Å²) in [4.78, 5) is -3.01. The van der Waals surface area contributed by atoms with Gasteiger partial charge in [0.25, 0.3) is 0 Å². The summed E-state index contributed by atoms with van der Waals surface area (Å²) in [6, 6.07) is 20.3. The predicted molar refractivity (Wildman–Crippen MR) is 119 cm³/mol. The Morgan fingerprint density at radius 2 is 0.972 bits per heavy atom. The van der Waals surface area contributed by atoms with Gasteiger partial charge in [0.1, 0.15) is 19.9 Å². The largest absolute Gasteiger partial charge is 0.744 e. The van der Waals surface area contributed by atoms with Crippen LogP contribution in [0, 0.1) is 23.3 Å². The molecule has 6 nitrogen and oxygen atoms in total. The fraction of sp³-hybridized carbons (Fsp3) is 0. The highest BCUT2D eigenvalue weighted by atomic mass is 32.2. The Morgan fingerprint density at radius 3 is 1.36 bits per heavy atom. The first kappa shape index (κ1) is 25.4. The first-order valence-electron chi connectivity index (χ1n) is 9.93. The second kappa shape index (κ2) is 9.37. The third-order valence-corrected chi connectivity index (χ3v) is 7.24. The minimum Gasteiger partial charge on any atom is -0.744 e. The van der Waals surface area contributed by atoms with E-state index in [2.05, 4.69) is 4.18 Å². The van der Waals surface area contributed by atoms with Crippen LogP contribution < -0.4 is 4.18 Å². The van der Waals surface area contributed by atoms with E-state index in [0.717, 1.165) is 0 Å². The molecule has 0 radical (unpaired) electrons. The summed E-state index contributed by atoms with van der Waals surface area (Å²) in [5.74, 6) is -12.3. The molecule has 0 aliphatic heterocycles. The summed E-state index contributed by atoms with van der Waals surface area (Å²) in [5.41, 5.74) is 0.807. The normalized spacial score (nSPS) is 11.9.